The Labute approximate surface area is 138 Å². The van der Waals surface area contributed by atoms with E-state index in [-0.39, 0.29) is 35.7 Å². The zero-order valence-corrected chi connectivity index (χ0v) is 13.8. The number of alkyl halides is 3. The standard InChI is InChI=1S/C14H19F3N2O3.ClH/c1-9(7-18-2)13(20)19-10-4-5-11(21-3)12(6-10)22-8-14(15,16)17;/h4-6,9,18H,7-8H2,1-3H3,(H,19,20);1H. The van der Waals surface area contributed by atoms with Crippen molar-refractivity contribution >= 4 is 24.0 Å². The van der Waals surface area contributed by atoms with Crippen molar-refractivity contribution in [2.24, 2.45) is 5.92 Å². The summed E-state index contributed by atoms with van der Waals surface area (Å²) in [5.41, 5.74) is 0.339. The Balaban J connectivity index is 0.00000484. The van der Waals surface area contributed by atoms with E-state index in [1.54, 1.807) is 14.0 Å². The SMILES string of the molecule is CNCC(C)C(=O)Nc1ccc(OC)c(OCC(F)(F)F)c1.Cl. The smallest absolute Gasteiger partial charge is 0.422 e. The van der Waals surface area contributed by atoms with Crippen LogP contribution in [0.25, 0.3) is 0 Å². The van der Waals surface area contributed by atoms with E-state index in [1.807, 2.05) is 0 Å². The quantitative estimate of drug-likeness (QED) is 0.788. The van der Waals surface area contributed by atoms with Crippen LogP contribution < -0.4 is 20.1 Å². The van der Waals surface area contributed by atoms with Crippen LogP contribution in [0.1, 0.15) is 6.92 Å². The number of anilines is 1. The molecular formula is C14H20ClF3N2O3. The molecule has 0 aliphatic carbocycles. The highest BCUT2D eigenvalue weighted by Gasteiger charge is 2.29. The number of carbonyl (C=O) groups is 1. The second kappa shape index (κ2) is 9.46. The van der Waals surface area contributed by atoms with Crippen LogP contribution in [0.3, 0.4) is 0 Å². The van der Waals surface area contributed by atoms with Gasteiger partial charge in [-0.15, -0.1) is 12.4 Å². The lowest BCUT2D eigenvalue weighted by Gasteiger charge is -2.15. The van der Waals surface area contributed by atoms with E-state index >= 15 is 0 Å². The van der Waals surface area contributed by atoms with Gasteiger partial charge in [-0.3, -0.25) is 4.79 Å². The molecule has 0 saturated carbocycles. The van der Waals surface area contributed by atoms with E-state index in [0.717, 1.165) is 0 Å². The average Bonchev–Trinajstić information content (AvgIpc) is 2.44. The molecule has 0 radical (unpaired) electrons. The van der Waals surface area contributed by atoms with E-state index in [9.17, 15) is 18.0 Å². The summed E-state index contributed by atoms with van der Waals surface area (Å²) in [4.78, 5) is 11.9. The maximum atomic E-state index is 12.2. The molecular weight excluding hydrogens is 337 g/mol. The highest BCUT2D eigenvalue weighted by atomic mass is 35.5. The lowest BCUT2D eigenvalue weighted by atomic mass is 10.1. The van der Waals surface area contributed by atoms with Crippen LogP contribution >= 0.6 is 12.4 Å². The van der Waals surface area contributed by atoms with Gasteiger partial charge in [-0.1, -0.05) is 6.92 Å². The summed E-state index contributed by atoms with van der Waals surface area (Å²) in [5.74, 6) is -0.461. The first-order valence-electron chi connectivity index (χ1n) is 6.60. The van der Waals surface area contributed by atoms with Gasteiger partial charge in [0.2, 0.25) is 5.91 Å². The molecule has 0 spiro atoms. The molecule has 1 amide bonds. The van der Waals surface area contributed by atoms with E-state index in [1.165, 1.54) is 25.3 Å². The normalized spacial score (nSPS) is 12.1. The Morgan fingerprint density at radius 2 is 1.96 bits per heavy atom. The average molecular weight is 357 g/mol. The topological polar surface area (TPSA) is 59.6 Å². The van der Waals surface area contributed by atoms with Crippen molar-refractivity contribution in [1.82, 2.24) is 5.32 Å². The van der Waals surface area contributed by atoms with Crippen molar-refractivity contribution in [2.45, 2.75) is 13.1 Å². The third-order valence-electron chi connectivity index (χ3n) is 2.78. The number of rotatable bonds is 7. The van der Waals surface area contributed by atoms with Crippen molar-refractivity contribution in [3.8, 4) is 11.5 Å². The predicted octanol–water partition coefficient (Wildman–Crippen LogP) is 2.85. The van der Waals surface area contributed by atoms with Crippen LogP contribution in [0, 0.1) is 5.92 Å². The number of ether oxygens (including phenoxy) is 2. The third-order valence-corrected chi connectivity index (χ3v) is 2.78. The number of halogens is 4. The van der Waals surface area contributed by atoms with Crippen molar-refractivity contribution in [3.63, 3.8) is 0 Å². The van der Waals surface area contributed by atoms with E-state index in [2.05, 4.69) is 10.6 Å². The number of carbonyl (C=O) groups excluding carboxylic acids is 1. The van der Waals surface area contributed by atoms with E-state index in [0.29, 0.717) is 12.2 Å². The number of methoxy groups -OCH3 is 1. The summed E-state index contributed by atoms with van der Waals surface area (Å²) in [6.45, 7) is 0.784. The second-order valence-electron chi connectivity index (χ2n) is 4.72. The molecule has 1 rings (SSSR count). The van der Waals surface area contributed by atoms with Gasteiger partial charge in [0.15, 0.2) is 18.1 Å². The molecule has 1 aromatic carbocycles. The minimum atomic E-state index is -4.45. The zero-order chi connectivity index (χ0) is 16.8. The van der Waals surface area contributed by atoms with Gasteiger partial charge in [-0.05, 0) is 19.2 Å². The minimum absolute atomic E-state index is 0. The molecule has 2 N–H and O–H groups in total. The van der Waals surface area contributed by atoms with Crippen molar-refractivity contribution in [1.29, 1.82) is 0 Å². The third kappa shape index (κ3) is 7.43. The van der Waals surface area contributed by atoms with Crippen molar-refractivity contribution in [2.75, 3.05) is 32.6 Å². The molecule has 132 valence electrons. The monoisotopic (exact) mass is 356 g/mol. The van der Waals surface area contributed by atoms with Crippen LogP contribution in [0.15, 0.2) is 18.2 Å². The molecule has 0 saturated heterocycles. The predicted molar refractivity (Wildman–Crippen MR) is 83.5 cm³/mol. The van der Waals surface area contributed by atoms with Crippen LogP contribution in [0.4, 0.5) is 18.9 Å². The lowest BCUT2D eigenvalue weighted by Crippen LogP contribution is -2.28. The molecule has 0 bridgehead atoms. The maximum Gasteiger partial charge on any atom is 0.422 e. The Hall–Kier alpha value is -1.67. The molecule has 0 aromatic heterocycles. The van der Waals surface area contributed by atoms with Gasteiger partial charge >= 0.3 is 6.18 Å². The summed E-state index contributed by atoms with van der Waals surface area (Å²) in [6, 6.07) is 4.27. The number of hydrogen-bond donors (Lipinski definition) is 2. The van der Waals surface area contributed by atoms with E-state index < -0.39 is 12.8 Å². The number of nitrogens with one attached hydrogen (secondary N) is 2. The molecule has 1 unspecified atom stereocenters. The molecule has 5 nitrogen and oxygen atoms in total. The second-order valence-corrected chi connectivity index (χ2v) is 4.72. The Kier molecular flexibility index (Phi) is 8.78. The molecule has 23 heavy (non-hydrogen) atoms. The summed E-state index contributed by atoms with van der Waals surface area (Å²) in [6.07, 6.45) is -4.45. The molecule has 0 aliphatic rings. The van der Waals surface area contributed by atoms with Crippen LogP contribution in [-0.2, 0) is 4.79 Å². The molecule has 0 heterocycles. The summed E-state index contributed by atoms with van der Waals surface area (Å²) < 4.78 is 46.4. The zero-order valence-electron chi connectivity index (χ0n) is 13.0. The highest BCUT2D eigenvalue weighted by Crippen LogP contribution is 2.31. The van der Waals surface area contributed by atoms with E-state index in [4.69, 9.17) is 9.47 Å². The van der Waals surface area contributed by atoms with Gasteiger partial charge in [0.1, 0.15) is 0 Å². The Morgan fingerprint density at radius 1 is 1.30 bits per heavy atom. The minimum Gasteiger partial charge on any atom is -0.493 e. The maximum absolute atomic E-state index is 12.2. The Bertz CT molecular complexity index is 513. The Morgan fingerprint density at radius 3 is 2.48 bits per heavy atom. The fourth-order valence-corrected chi connectivity index (χ4v) is 1.69. The largest absolute Gasteiger partial charge is 0.493 e. The van der Waals surface area contributed by atoms with Crippen LogP contribution in [-0.4, -0.2) is 39.4 Å². The fraction of sp³-hybridized carbons (Fsp3) is 0.500. The molecule has 9 heteroatoms. The highest BCUT2D eigenvalue weighted by molar-refractivity contribution is 5.92. The summed E-state index contributed by atoms with van der Waals surface area (Å²) >= 11 is 0. The first-order valence-corrected chi connectivity index (χ1v) is 6.60. The summed E-state index contributed by atoms with van der Waals surface area (Å²) in [7, 11) is 3.04. The molecule has 1 atom stereocenters. The fourth-order valence-electron chi connectivity index (χ4n) is 1.69. The lowest BCUT2D eigenvalue weighted by molar-refractivity contribution is -0.153. The van der Waals surface area contributed by atoms with Gasteiger partial charge in [-0.2, -0.15) is 13.2 Å². The first-order chi connectivity index (χ1) is 10.3. The van der Waals surface area contributed by atoms with Crippen molar-refractivity contribution in [3.05, 3.63) is 18.2 Å². The molecule has 0 fully saturated rings. The molecule has 1 aromatic rings. The first kappa shape index (κ1) is 21.3. The number of benzene rings is 1. The van der Waals surface area contributed by atoms with Gasteiger partial charge < -0.3 is 20.1 Å². The van der Waals surface area contributed by atoms with Gasteiger partial charge in [-0.25, -0.2) is 0 Å². The number of hydrogen-bond acceptors (Lipinski definition) is 4. The molecule has 0 aliphatic heterocycles. The number of amides is 1. The van der Waals surface area contributed by atoms with Gasteiger partial charge in [0.25, 0.3) is 0 Å². The van der Waals surface area contributed by atoms with Crippen molar-refractivity contribution < 1.29 is 27.4 Å². The van der Waals surface area contributed by atoms with Crippen LogP contribution in [0.5, 0.6) is 11.5 Å². The van der Waals surface area contributed by atoms with Gasteiger partial charge in [0, 0.05) is 24.2 Å². The summed E-state index contributed by atoms with van der Waals surface area (Å²) in [5, 5.41) is 5.49. The van der Waals surface area contributed by atoms with Gasteiger partial charge in [0.05, 0.1) is 7.11 Å². The van der Waals surface area contributed by atoms with Crippen LogP contribution in [0.2, 0.25) is 0 Å².